The molecule has 7 heteroatoms. The highest BCUT2D eigenvalue weighted by atomic mass is 35.5. The molecule has 0 fully saturated rings. The Morgan fingerprint density at radius 1 is 1.06 bits per heavy atom. The fourth-order valence-electron chi connectivity index (χ4n) is 4.33. The van der Waals surface area contributed by atoms with E-state index in [2.05, 4.69) is 0 Å². The molecule has 0 radical (unpaired) electrons. The molecule has 0 bridgehead atoms. The maximum atomic E-state index is 13.7. The average molecular weight is 474 g/mol. The average Bonchev–Trinajstić information content (AvgIpc) is 3.37. The van der Waals surface area contributed by atoms with E-state index in [1.165, 1.54) is 12.0 Å². The Kier molecular flexibility index (Phi) is 5.38. The molecule has 4 aromatic rings. The van der Waals surface area contributed by atoms with Gasteiger partial charge in [-0.3, -0.25) is 14.5 Å². The largest absolute Gasteiger partial charge is 0.503 e. The summed E-state index contributed by atoms with van der Waals surface area (Å²) in [6.07, 6.45) is 0. The Morgan fingerprint density at radius 3 is 2.62 bits per heavy atom. The summed E-state index contributed by atoms with van der Waals surface area (Å²) in [7, 11) is 1.50. The minimum Gasteiger partial charge on any atom is -0.503 e. The van der Waals surface area contributed by atoms with Crippen LogP contribution in [0.1, 0.15) is 27.7 Å². The molecule has 3 aromatic carbocycles. The molecule has 0 aliphatic carbocycles. The van der Waals surface area contributed by atoms with Gasteiger partial charge in [-0.2, -0.15) is 0 Å². The lowest BCUT2D eigenvalue weighted by molar-refractivity contribution is -0.117. The fourth-order valence-corrected chi connectivity index (χ4v) is 4.51. The molecule has 1 aromatic heterocycles. The van der Waals surface area contributed by atoms with Crippen molar-refractivity contribution in [2.24, 2.45) is 0 Å². The van der Waals surface area contributed by atoms with Gasteiger partial charge in [-0.15, -0.1) is 0 Å². The first-order valence-corrected chi connectivity index (χ1v) is 11.0. The summed E-state index contributed by atoms with van der Waals surface area (Å²) in [6, 6.07) is 20.1. The number of aliphatic hydroxyl groups is 1. The topological polar surface area (TPSA) is 80.0 Å². The van der Waals surface area contributed by atoms with E-state index in [4.69, 9.17) is 20.8 Å². The normalized spacial score (nSPS) is 15.9. The van der Waals surface area contributed by atoms with E-state index in [0.717, 1.165) is 5.56 Å². The second-order valence-electron chi connectivity index (χ2n) is 8.05. The summed E-state index contributed by atoms with van der Waals surface area (Å²) in [4.78, 5) is 28.5. The van der Waals surface area contributed by atoms with Crippen LogP contribution in [0.15, 0.2) is 88.5 Å². The van der Waals surface area contributed by atoms with Crippen molar-refractivity contribution in [2.45, 2.75) is 13.0 Å². The van der Waals surface area contributed by atoms with Crippen LogP contribution in [0.5, 0.6) is 5.75 Å². The number of hydrogen-bond donors (Lipinski definition) is 1. The number of ether oxygens (including phenoxy) is 1. The molecule has 1 atom stereocenters. The second-order valence-corrected chi connectivity index (χ2v) is 8.48. The van der Waals surface area contributed by atoms with Crippen molar-refractivity contribution in [1.82, 2.24) is 0 Å². The lowest BCUT2D eigenvalue weighted by Gasteiger charge is -2.28. The molecule has 1 amide bonds. The predicted octanol–water partition coefficient (Wildman–Crippen LogP) is 6.19. The zero-order valence-corrected chi connectivity index (χ0v) is 19.2. The second kappa shape index (κ2) is 8.39. The van der Waals surface area contributed by atoms with Gasteiger partial charge in [0.25, 0.3) is 5.91 Å². The van der Waals surface area contributed by atoms with Gasteiger partial charge in [-0.1, -0.05) is 53.6 Å². The highest BCUT2D eigenvalue weighted by Crippen LogP contribution is 2.45. The predicted molar refractivity (Wildman–Crippen MR) is 130 cm³/mol. The zero-order chi connectivity index (χ0) is 24.0. The molecule has 1 aliphatic rings. The number of aliphatic hydroxyl groups excluding tert-OH is 1. The van der Waals surface area contributed by atoms with Crippen LogP contribution in [0.2, 0.25) is 5.02 Å². The van der Waals surface area contributed by atoms with E-state index in [-0.39, 0.29) is 11.3 Å². The number of ketones is 1. The van der Waals surface area contributed by atoms with Crippen LogP contribution in [0.3, 0.4) is 0 Å². The maximum absolute atomic E-state index is 13.7. The van der Waals surface area contributed by atoms with Crippen molar-refractivity contribution >= 4 is 39.9 Å². The molecular formula is C27H20ClNO5. The minimum absolute atomic E-state index is 0.00569. The number of hydrogen-bond acceptors (Lipinski definition) is 5. The van der Waals surface area contributed by atoms with Crippen molar-refractivity contribution in [3.63, 3.8) is 0 Å². The Labute approximate surface area is 200 Å². The number of nitrogens with zero attached hydrogens (tertiary/aromatic N) is 1. The number of benzene rings is 3. The monoisotopic (exact) mass is 473 g/mol. The third kappa shape index (κ3) is 3.53. The molecule has 0 spiro atoms. The number of Topliss-reactive ketones (excluding diaryl/α,β-unsaturated/α-hetero) is 1. The first kappa shape index (κ1) is 21.8. The molecule has 0 saturated carbocycles. The molecule has 5 rings (SSSR count). The van der Waals surface area contributed by atoms with Gasteiger partial charge in [0.15, 0.2) is 11.5 Å². The molecular weight excluding hydrogens is 454 g/mol. The number of amides is 1. The molecule has 0 saturated heterocycles. The zero-order valence-electron chi connectivity index (χ0n) is 18.4. The number of methoxy groups -OCH3 is 1. The van der Waals surface area contributed by atoms with Crippen molar-refractivity contribution in [1.29, 1.82) is 0 Å². The molecule has 1 unspecified atom stereocenters. The summed E-state index contributed by atoms with van der Waals surface area (Å²) in [6.45, 7) is 1.92. The van der Waals surface area contributed by atoms with Gasteiger partial charge in [-0.05, 0) is 48.9 Å². The van der Waals surface area contributed by atoms with Gasteiger partial charge in [0.2, 0.25) is 5.78 Å². The number of fused-ring (bicyclic) bond motifs is 1. The highest BCUT2D eigenvalue weighted by Gasteiger charge is 2.46. The van der Waals surface area contributed by atoms with E-state index < -0.39 is 23.5 Å². The first-order chi connectivity index (χ1) is 16.4. The SMILES string of the molecule is COc1ccccc1N1C(=O)C(O)=C(C(=O)c2cc3cc(Cl)ccc3o2)C1c1cccc(C)c1. The van der Waals surface area contributed by atoms with Gasteiger partial charge < -0.3 is 14.3 Å². The van der Waals surface area contributed by atoms with Crippen LogP contribution in [-0.4, -0.2) is 23.9 Å². The Bertz CT molecular complexity index is 1490. The molecule has 170 valence electrons. The van der Waals surface area contributed by atoms with Gasteiger partial charge in [-0.25, -0.2) is 0 Å². The number of carbonyl (C=O) groups excluding carboxylic acids is 2. The third-order valence-corrected chi connectivity index (χ3v) is 6.09. The number of anilines is 1. The van der Waals surface area contributed by atoms with Crippen molar-refractivity contribution < 1.29 is 23.8 Å². The van der Waals surface area contributed by atoms with Crippen molar-refractivity contribution in [3.05, 3.63) is 106 Å². The summed E-state index contributed by atoms with van der Waals surface area (Å²) in [5.41, 5.74) is 2.47. The number of halogens is 1. The molecule has 1 aliphatic heterocycles. The summed E-state index contributed by atoms with van der Waals surface area (Å²) < 4.78 is 11.2. The smallest absolute Gasteiger partial charge is 0.294 e. The van der Waals surface area contributed by atoms with E-state index in [1.54, 1.807) is 48.5 Å². The summed E-state index contributed by atoms with van der Waals surface area (Å²) >= 11 is 6.07. The molecule has 2 heterocycles. The van der Waals surface area contributed by atoms with E-state index >= 15 is 0 Å². The van der Waals surface area contributed by atoms with Crippen LogP contribution in [0, 0.1) is 6.92 Å². The van der Waals surface area contributed by atoms with Crippen molar-refractivity contribution in [2.75, 3.05) is 12.0 Å². The lowest BCUT2D eigenvalue weighted by Crippen LogP contribution is -2.31. The van der Waals surface area contributed by atoms with Crippen LogP contribution in [0.4, 0.5) is 5.69 Å². The first-order valence-electron chi connectivity index (χ1n) is 10.6. The standard InChI is InChI=1S/C27H20ClNO5/c1-15-6-5-7-16(12-15)24-23(25(30)22-14-17-13-18(28)10-11-20(17)34-22)26(31)27(32)29(24)19-8-3-4-9-21(19)33-2/h3-14,24,31H,1-2H3. The number of rotatable bonds is 5. The van der Waals surface area contributed by atoms with E-state index in [1.807, 2.05) is 31.2 Å². The Hall–Kier alpha value is -4.03. The van der Waals surface area contributed by atoms with E-state index in [9.17, 15) is 14.7 Å². The maximum Gasteiger partial charge on any atom is 0.294 e. The Balaban J connectivity index is 1.69. The quantitative estimate of drug-likeness (QED) is 0.350. The Morgan fingerprint density at radius 2 is 1.85 bits per heavy atom. The number of carbonyl (C=O) groups is 2. The lowest BCUT2D eigenvalue weighted by atomic mass is 9.93. The van der Waals surface area contributed by atoms with Gasteiger partial charge in [0.1, 0.15) is 11.3 Å². The number of furan rings is 1. The van der Waals surface area contributed by atoms with Crippen LogP contribution >= 0.6 is 11.6 Å². The van der Waals surface area contributed by atoms with Crippen LogP contribution in [0.25, 0.3) is 11.0 Å². The molecule has 1 N–H and O–H groups in total. The third-order valence-electron chi connectivity index (χ3n) is 5.86. The number of para-hydroxylation sites is 2. The highest BCUT2D eigenvalue weighted by molar-refractivity contribution is 6.31. The van der Waals surface area contributed by atoms with E-state index in [0.29, 0.717) is 33.0 Å². The van der Waals surface area contributed by atoms with Gasteiger partial charge in [0.05, 0.1) is 24.4 Å². The fraction of sp³-hybridized carbons (Fsp3) is 0.111. The van der Waals surface area contributed by atoms with Crippen molar-refractivity contribution in [3.8, 4) is 5.75 Å². The molecule has 6 nitrogen and oxygen atoms in total. The molecule has 34 heavy (non-hydrogen) atoms. The van der Waals surface area contributed by atoms with Gasteiger partial charge in [0, 0.05) is 10.4 Å². The minimum atomic E-state index is -0.881. The van der Waals surface area contributed by atoms with Crippen LogP contribution < -0.4 is 9.64 Å². The summed E-state index contributed by atoms with van der Waals surface area (Å²) in [5.74, 6) is -1.46. The summed E-state index contributed by atoms with van der Waals surface area (Å²) in [5, 5.41) is 12.1. The number of aryl methyl sites for hydroxylation is 1. The van der Waals surface area contributed by atoms with Crippen LogP contribution in [-0.2, 0) is 4.79 Å². The van der Waals surface area contributed by atoms with Gasteiger partial charge >= 0.3 is 0 Å².